The number of likely N-dealkylation sites (N-methyl/N-ethyl adjacent to an activating group) is 1. The van der Waals surface area contributed by atoms with Crippen LogP contribution in [0.15, 0.2) is 24.3 Å². The number of hydrogen-bond donors (Lipinski definition) is 1. The van der Waals surface area contributed by atoms with Gasteiger partial charge in [-0.2, -0.15) is 0 Å². The highest BCUT2D eigenvalue weighted by molar-refractivity contribution is 5.96. The maximum atomic E-state index is 11.6. The van der Waals surface area contributed by atoms with E-state index in [0.717, 1.165) is 30.5 Å². The van der Waals surface area contributed by atoms with Gasteiger partial charge in [-0.15, -0.1) is 0 Å². The Balaban J connectivity index is 2.10. The van der Waals surface area contributed by atoms with E-state index in [2.05, 4.69) is 4.90 Å². The molecule has 0 saturated heterocycles. The number of benzene rings is 1. The number of Topliss-reactive ketones (excluding diaryl/α,β-unsaturated/α-hetero) is 1. The number of hydrogen-bond acceptors (Lipinski definition) is 3. The number of aliphatic hydroxyl groups is 1. The Morgan fingerprint density at radius 3 is 2.47 bits per heavy atom. The minimum Gasteiger partial charge on any atom is -0.391 e. The highest BCUT2D eigenvalue weighted by Crippen LogP contribution is 2.26. The van der Waals surface area contributed by atoms with Crippen LogP contribution in [0.1, 0.15) is 49.4 Å². The second-order valence-electron chi connectivity index (χ2n) is 5.35. The van der Waals surface area contributed by atoms with Crippen LogP contribution in [0.3, 0.4) is 0 Å². The summed E-state index contributed by atoms with van der Waals surface area (Å²) >= 11 is 0. The molecule has 1 fully saturated rings. The van der Waals surface area contributed by atoms with E-state index in [4.69, 9.17) is 0 Å². The molecule has 3 heteroatoms. The summed E-state index contributed by atoms with van der Waals surface area (Å²) in [4.78, 5) is 13.7. The van der Waals surface area contributed by atoms with E-state index in [-0.39, 0.29) is 17.9 Å². The van der Waals surface area contributed by atoms with Crippen molar-refractivity contribution in [2.24, 2.45) is 0 Å². The van der Waals surface area contributed by atoms with Crippen molar-refractivity contribution < 1.29 is 9.90 Å². The smallest absolute Gasteiger partial charge is 0.162 e. The zero-order valence-corrected chi connectivity index (χ0v) is 11.8. The van der Waals surface area contributed by atoms with Gasteiger partial charge in [0.1, 0.15) is 0 Å². The summed E-state index contributed by atoms with van der Waals surface area (Å²) in [5, 5.41) is 10.1. The first-order chi connectivity index (χ1) is 9.13. The summed E-state index contributed by atoms with van der Waals surface area (Å²) in [6.45, 7) is 1.88. The molecule has 0 heterocycles. The summed E-state index contributed by atoms with van der Waals surface area (Å²) < 4.78 is 0. The summed E-state index contributed by atoms with van der Waals surface area (Å²) in [6.07, 6.45) is 4.52. The molecule has 0 aliphatic heterocycles. The second-order valence-corrected chi connectivity index (χ2v) is 5.35. The van der Waals surface area contributed by atoms with Gasteiger partial charge >= 0.3 is 0 Å². The van der Waals surface area contributed by atoms with Gasteiger partial charge in [-0.25, -0.2) is 0 Å². The minimum atomic E-state index is -0.240. The van der Waals surface area contributed by atoms with Gasteiger partial charge in [-0.05, 0) is 37.1 Å². The topological polar surface area (TPSA) is 40.5 Å². The molecule has 1 aromatic carbocycles. The van der Waals surface area contributed by atoms with Gasteiger partial charge in [0.2, 0.25) is 0 Å². The SMILES string of the molecule is CCC(=O)c1ccc(N(C)C2CCCCC2O)cc1. The first-order valence-electron chi connectivity index (χ1n) is 7.17. The molecule has 1 aliphatic carbocycles. The predicted octanol–water partition coefficient (Wildman–Crippen LogP) is 3.02. The lowest BCUT2D eigenvalue weighted by atomic mass is 9.91. The number of carbonyl (C=O) groups is 1. The van der Waals surface area contributed by atoms with Crippen molar-refractivity contribution in [2.75, 3.05) is 11.9 Å². The van der Waals surface area contributed by atoms with Gasteiger partial charge in [-0.3, -0.25) is 4.79 Å². The number of nitrogens with zero attached hydrogens (tertiary/aromatic N) is 1. The molecule has 3 nitrogen and oxygen atoms in total. The Labute approximate surface area is 115 Å². The molecule has 19 heavy (non-hydrogen) atoms. The van der Waals surface area contributed by atoms with Gasteiger partial charge in [-0.1, -0.05) is 19.8 Å². The van der Waals surface area contributed by atoms with Crippen molar-refractivity contribution in [1.29, 1.82) is 0 Å². The van der Waals surface area contributed by atoms with Crippen molar-refractivity contribution in [2.45, 2.75) is 51.2 Å². The fraction of sp³-hybridized carbons (Fsp3) is 0.562. The molecule has 0 aromatic heterocycles. The van der Waals surface area contributed by atoms with Crippen LogP contribution < -0.4 is 4.90 Å². The third-order valence-corrected chi connectivity index (χ3v) is 4.11. The first-order valence-corrected chi connectivity index (χ1v) is 7.17. The quantitative estimate of drug-likeness (QED) is 0.847. The highest BCUT2D eigenvalue weighted by Gasteiger charge is 2.26. The Hall–Kier alpha value is -1.35. The number of carbonyl (C=O) groups excluding carboxylic acids is 1. The van der Waals surface area contributed by atoms with E-state index in [1.165, 1.54) is 6.42 Å². The van der Waals surface area contributed by atoms with E-state index >= 15 is 0 Å². The van der Waals surface area contributed by atoms with Gasteiger partial charge in [0, 0.05) is 24.7 Å². The fourth-order valence-corrected chi connectivity index (χ4v) is 2.82. The van der Waals surface area contributed by atoms with Crippen LogP contribution in [0, 0.1) is 0 Å². The zero-order chi connectivity index (χ0) is 13.8. The number of aliphatic hydroxyl groups excluding tert-OH is 1. The average molecular weight is 261 g/mol. The molecule has 1 aliphatic rings. The molecular formula is C16H23NO2. The number of ketones is 1. The van der Waals surface area contributed by atoms with E-state index in [9.17, 15) is 9.90 Å². The molecule has 0 spiro atoms. The molecule has 1 N–H and O–H groups in total. The van der Waals surface area contributed by atoms with Crippen LogP contribution in [0.5, 0.6) is 0 Å². The van der Waals surface area contributed by atoms with Crippen molar-refractivity contribution in [1.82, 2.24) is 0 Å². The molecule has 2 rings (SSSR count). The van der Waals surface area contributed by atoms with Crippen molar-refractivity contribution in [3.63, 3.8) is 0 Å². The van der Waals surface area contributed by atoms with E-state index in [0.29, 0.717) is 6.42 Å². The maximum Gasteiger partial charge on any atom is 0.162 e. The third-order valence-electron chi connectivity index (χ3n) is 4.11. The van der Waals surface area contributed by atoms with Crippen molar-refractivity contribution >= 4 is 11.5 Å². The highest BCUT2D eigenvalue weighted by atomic mass is 16.3. The third kappa shape index (κ3) is 3.16. The van der Waals surface area contributed by atoms with Crippen LogP contribution in [-0.2, 0) is 0 Å². The second kappa shape index (κ2) is 6.20. The Morgan fingerprint density at radius 1 is 1.26 bits per heavy atom. The Morgan fingerprint density at radius 2 is 1.89 bits per heavy atom. The molecule has 0 radical (unpaired) electrons. The van der Waals surface area contributed by atoms with Crippen LogP contribution in [0.4, 0.5) is 5.69 Å². The summed E-state index contributed by atoms with van der Waals surface area (Å²) in [6, 6.07) is 7.91. The van der Waals surface area contributed by atoms with E-state index < -0.39 is 0 Å². The molecule has 0 amide bonds. The predicted molar refractivity (Wildman–Crippen MR) is 77.7 cm³/mol. The number of anilines is 1. The molecular weight excluding hydrogens is 238 g/mol. The molecule has 2 atom stereocenters. The summed E-state index contributed by atoms with van der Waals surface area (Å²) in [5.41, 5.74) is 1.84. The Bertz CT molecular complexity index is 427. The molecule has 1 aromatic rings. The minimum absolute atomic E-state index is 0.173. The van der Waals surface area contributed by atoms with E-state index in [1.54, 1.807) is 0 Å². The lowest BCUT2D eigenvalue weighted by molar-refractivity contribution is 0.0987. The van der Waals surface area contributed by atoms with Crippen LogP contribution in [0.2, 0.25) is 0 Å². The van der Waals surface area contributed by atoms with Gasteiger partial charge in [0.25, 0.3) is 0 Å². The largest absolute Gasteiger partial charge is 0.391 e. The molecule has 0 bridgehead atoms. The molecule has 2 unspecified atom stereocenters. The van der Waals surface area contributed by atoms with Crippen molar-refractivity contribution in [3.8, 4) is 0 Å². The average Bonchev–Trinajstić information content (AvgIpc) is 2.46. The number of rotatable bonds is 4. The molecule has 104 valence electrons. The van der Waals surface area contributed by atoms with Gasteiger partial charge in [0.15, 0.2) is 5.78 Å². The Kier molecular flexibility index (Phi) is 4.59. The van der Waals surface area contributed by atoms with Gasteiger partial charge in [0.05, 0.1) is 12.1 Å². The monoisotopic (exact) mass is 261 g/mol. The van der Waals surface area contributed by atoms with Crippen LogP contribution in [-0.4, -0.2) is 30.1 Å². The maximum absolute atomic E-state index is 11.6. The normalized spacial score (nSPS) is 23.1. The lowest BCUT2D eigenvalue weighted by Gasteiger charge is -2.36. The summed E-state index contributed by atoms with van der Waals surface area (Å²) in [5.74, 6) is 0.173. The zero-order valence-electron chi connectivity index (χ0n) is 11.8. The first kappa shape index (κ1) is 14.1. The molecule has 1 saturated carbocycles. The summed E-state index contributed by atoms with van der Waals surface area (Å²) in [7, 11) is 2.02. The van der Waals surface area contributed by atoms with Crippen molar-refractivity contribution in [3.05, 3.63) is 29.8 Å². The fourth-order valence-electron chi connectivity index (χ4n) is 2.82. The van der Waals surface area contributed by atoms with Crippen LogP contribution in [0.25, 0.3) is 0 Å². The van der Waals surface area contributed by atoms with Gasteiger partial charge < -0.3 is 10.0 Å². The van der Waals surface area contributed by atoms with E-state index in [1.807, 2.05) is 38.2 Å². The van der Waals surface area contributed by atoms with Crippen LogP contribution >= 0.6 is 0 Å². The lowest BCUT2D eigenvalue weighted by Crippen LogP contribution is -2.43. The standard InChI is InChI=1S/C16H23NO2/c1-3-15(18)12-8-10-13(11-9-12)17(2)14-6-4-5-7-16(14)19/h8-11,14,16,19H,3-7H2,1-2H3.